The summed E-state index contributed by atoms with van der Waals surface area (Å²) >= 11 is 0. The van der Waals surface area contributed by atoms with Crippen LogP contribution in [0.5, 0.6) is 0 Å². The van der Waals surface area contributed by atoms with Gasteiger partial charge in [-0.2, -0.15) is 5.10 Å². The second kappa shape index (κ2) is 7.70. The predicted molar refractivity (Wildman–Crippen MR) is 109 cm³/mol. The SMILES string of the molecule is O=C(N/N=C/c1c[nH]c2ccccc12)C(c1ccccc1)c1ccccc1. The Labute approximate surface area is 157 Å². The summed E-state index contributed by atoms with van der Waals surface area (Å²) in [4.78, 5) is 16.1. The zero-order valence-corrected chi connectivity index (χ0v) is 14.7. The molecule has 0 saturated heterocycles. The minimum Gasteiger partial charge on any atom is -0.361 e. The van der Waals surface area contributed by atoms with Gasteiger partial charge in [0.15, 0.2) is 0 Å². The summed E-state index contributed by atoms with van der Waals surface area (Å²) < 4.78 is 0. The van der Waals surface area contributed by atoms with E-state index in [0.29, 0.717) is 0 Å². The van der Waals surface area contributed by atoms with Gasteiger partial charge in [-0.05, 0) is 17.2 Å². The lowest BCUT2D eigenvalue weighted by Crippen LogP contribution is -2.26. The molecule has 0 saturated carbocycles. The first-order valence-electron chi connectivity index (χ1n) is 8.82. The number of hydrazone groups is 1. The van der Waals surface area contributed by atoms with E-state index in [-0.39, 0.29) is 5.91 Å². The summed E-state index contributed by atoms with van der Waals surface area (Å²) in [6.07, 6.45) is 3.55. The number of para-hydroxylation sites is 1. The lowest BCUT2D eigenvalue weighted by molar-refractivity contribution is -0.121. The van der Waals surface area contributed by atoms with Crippen LogP contribution in [0, 0.1) is 0 Å². The molecule has 0 bridgehead atoms. The van der Waals surface area contributed by atoms with Gasteiger partial charge in [-0.15, -0.1) is 0 Å². The Kier molecular flexibility index (Phi) is 4.79. The first kappa shape index (κ1) is 16.8. The number of nitrogens with one attached hydrogen (secondary N) is 2. The summed E-state index contributed by atoms with van der Waals surface area (Å²) in [5, 5.41) is 5.26. The molecule has 0 fully saturated rings. The zero-order chi connectivity index (χ0) is 18.5. The fourth-order valence-corrected chi connectivity index (χ4v) is 3.22. The average Bonchev–Trinajstić information content (AvgIpc) is 3.13. The van der Waals surface area contributed by atoms with Gasteiger partial charge < -0.3 is 4.98 Å². The molecule has 2 N–H and O–H groups in total. The molecule has 0 radical (unpaired) electrons. The maximum atomic E-state index is 12.9. The van der Waals surface area contributed by atoms with E-state index in [9.17, 15) is 4.79 Å². The molecular formula is C23H19N3O. The van der Waals surface area contributed by atoms with E-state index >= 15 is 0 Å². The van der Waals surface area contributed by atoms with Gasteiger partial charge in [-0.25, -0.2) is 5.43 Å². The number of hydrogen-bond donors (Lipinski definition) is 2. The number of aromatic amines is 1. The number of carbonyl (C=O) groups excluding carboxylic acids is 1. The first-order chi connectivity index (χ1) is 13.3. The number of amides is 1. The summed E-state index contributed by atoms with van der Waals surface area (Å²) in [7, 11) is 0. The summed E-state index contributed by atoms with van der Waals surface area (Å²) in [5.74, 6) is -0.573. The molecular weight excluding hydrogens is 334 g/mol. The lowest BCUT2D eigenvalue weighted by atomic mass is 9.91. The van der Waals surface area contributed by atoms with E-state index in [1.807, 2.05) is 91.1 Å². The fraction of sp³-hybridized carbons (Fsp3) is 0.0435. The number of fused-ring (bicyclic) bond motifs is 1. The average molecular weight is 353 g/mol. The molecule has 0 aliphatic heterocycles. The van der Waals surface area contributed by atoms with Crippen molar-refractivity contribution >= 4 is 23.0 Å². The van der Waals surface area contributed by atoms with E-state index in [0.717, 1.165) is 27.6 Å². The molecule has 27 heavy (non-hydrogen) atoms. The second-order valence-electron chi connectivity index (χ2n) is 6.28. The van der Waals surface area contributed by atoms with Crippen LogP contribution in [0.25, 0.3) is 10.9 Å². The molecule has 1 heterocycles. The molecule has 4 rings (SSSR count). The van der Waals surface area contributed by atoms with Crippen molar-refractivity contribution in [2.24, 2.45) is 5.10 Å². The highest BCUT2D eigenvalue weighted by atomic mass is 16.2. The smallest absolute Gasteiger partial charge is 0.252 e. The maximum Gasteiger partial charge on any atom is 0.252 e. The van der Waals surface area contributed by atoms with Crippen LogP contribution in [-0.2, 0) is 4.79 Å². The van der Waals surface area contributed by atoms with Gasteiger partial charge >= 0.3 is 0 Å². The van der Waals surface area contributed by atoms with E-state index in [1.54, 1.807) is 6.21 Å². The highest BCUT2D eigenvalue weighted by Gasteiger charge is 2.22. The molecule has 1 aromatic heterocycles. The molecule has 3 aromatic carbocycles. The molecule has 4 heteroatoms. The quantitative estimate of drug-likeness (QED) is 0.404. The van der Waals surface area contributed by atoms with Crippen molar-refractivity contribution in [2.45, 2.75) is 5.92 Å². The first-order valence-corrected chi connectivity index (χ1v) is 8.82. The molecule has 0 aliphatic carbocycles. The molecule has 0 unspecified atom stereocenters. The number of nitrogens with zero attached hydrogens (tertiary/aromatic N) is 1. The number of rotatable bonds is 5. The Bertz CT molecular complexity index is 1030. The van der Waals surface area contributed by atoms with Crippen molar-refractivity contribution in [2.75, 3.05) is 0 Å². The molecule has 0 spiro atoms. The van der Waals surface area contributed by atoms with Crippen molar-refractivity contribution in [3.63, 3.8) is 0 Å². The van der Waals surface area contributed by atoms with Gasteiger partial charge in [0.25, 0.3) is 5.91 Å². The van der Waals surface area contributed by atoms with Gasteiger partial charge in [-0.1, -0.05) is 78.9 Å². The van der Waals surface area contributed by atoms with Crippen LogP contribution in [0.2, 0.25) is 0 Å². The van der Waals surface area contributed by atoms with E-state index in [1.165, 1.54) is 0 Å². The Morgan fingerprint density at radius 3 is 2.11 bits per heavy atom. The monoisotopic (exact) mass is 353 g/mol. The van der Waals surface area contributed by atoms with Crippen LogP contribution in [0.3, 0.4) is 0 Å². The van der Waals surface area contributed by atoms with Gasteiger partial charge in [0.05, 0.1) is 12.1 Å². The van der Waals surface area contributed by atoms with Crippen molar-refractivity contribution < 1.29 is 4.79 Å². The van der Waals surface area contributed by atoms with E-state index in [4.69, 9.17) is 0 Å². The normalized spacial score (nSPS) is 11.3. The zero-order valence-electron chi connectivity index (χ0n) is 14.7. The number of H-pyrrole nitrogens is 1. The summed E-state index contributed by atoms with van der Waals surface area (Å²) in [5.41, 5.74) is 6.54. The minimum atomic E-state index is -0.410. The predicted octanol–water partition coefficient (Wildman–Crippen LogP) is 4.45. The summed E-state index contributed by atoms with van der Waals surface area (Å²) in [6.45, 7) is 0. The van der Waals surface area contributed by atoms with Crippen LogP contribution < -0.4 is 5.43 Å². The Morgan fingerprint density at radius 2 is 1.44 bits per heavy atom. The summed E-state index contributed by atoms with van der Waals surface area (Å²) in [6, 6.07) is 27.5. The van der Waals surface area contributed by atoms with Crippen LogP contribution in [0.15, 0.2) is 96.2 Å². The van der Waals surface area contributed by atoms with Crippen molar-refractivity contribution in [3.8, 4) is 0 Å². The highest BCUT2D eigenvalue weighted by molar-refractivity contribution is 5.99. The van der Waals surface area contributed by atoms with Crippen molar-refractivity contribution in [1.29, 1.82) is 0 Å². The third-order valence-electron chi connectivity index (χ3n) is 4.53. The second-order valence-corrected chi connectivity index (χ2v) is 6.28. The number of hydrogen-bond acceptors (Lipinski definition) is 2. The van der Waals surface area contributed by atoms with E-state index in [2.05, 4.69) is 15.5 Å². The molecule has 132 valence electrons. The fourth-order valence-electron chi connectivity index (χ4n) is 3.22. The molecule has 4 aromatic rings. The largest absolute Gasteiger partial charge is 0.361 e. The number of benzene rings is 3. The van der Waals surface area contributed by atoms with Crippen molar-refractivity contribution in [1.82, 2.24) is 10.4 Å². The van der Waals surface area contributed by atoms with E-state index < -0.39 is 5.92 Å². The standard InChI is InChI=1S/C23H19N3O/c27-23(26-25-16-19-15-24-21-14-8-7-13-20(19)21)22(17-9-3-1-4-10-17)18-11-5-2-6-12-18/h1-16,22,24H,(H,26,27)/b25-16+. The van der Waals surface area contributed by atoms with Crippen LogP contribution >= 0.6 is 0 Å². The number of carbonyl (C=O) groups is 1. The molecule has 0 aliphatic rings. The topological polar surface area (TPSA) is 57.2 Å². The Morgan fingerprint density at radius 1 is 0.852 bits per heavy atom. The van der Waals surface area contributed by atoms with Gasteiger partial charge in [0, 0.05) is 22.7 Å². The van der Waals surface area contributed by atoms with Gasteiger partial charge in [0.2, 0.25) is 0 Å². The minimum absolute atomic E-state index is 0.163. The molecule has 0 atom stereocenters. The van der Waals surface area contributed by atoms with Crippen molar-refractivity contribution in [3.05, 3.63) is 108 Å². The third-order valence-corrected chi connectivity index (χ3v) is 4.53. The van der Waals surface area contributed by atoms with Gasteiger partial charge in [0.1, 0.15) is 0 Å². The lowest BCUT2D eigenvalue weighted by Gasteiger charge is -2.16. The van der Waals surface area contributed by atoms with Crippen LogP contribution in [0.4, 0.5) is 0 Å². The number of aromatic nitrogens is 1. The van der Waals surface area contributed by atoms with Gasteiger partial charge in [-0.3, -0.25) is 4.79 Å². The third kappa shape index (κ3) is 3.65. The highest BCUT2D eigenvalue weighted by Crippen LogP contribution is 2.24. The van der Waals surface area contributed by atoms with Crippen LogP contribution in [0.1, 0.15) is 22.6 Å². The Balaban J connectivity index is 1.57. The Hall–Kier alpha value is -3.66. The molecule has 4 nitrogen and oxygen atoms in total. The van der Waals surface area contributed by atoms with Crippen LogP contribution in [-0.4, -0.2) is 17.1 Å². The maximum absolute atomic E-state index is 12.9. The molecule has 1 amide bonds.